The van der Waals surface area contributed by atoms with Gasteiger partial charge in [0, 0.05) is 29.0 Å². The van der Waals surface area contributed by atoms with Crippen LogP contribution in [-0.2, 0) is 14.3 Å². The zero-order chi connectivity index (χ0) is 19.2. The molecule has 0 saturated carbocycles. The van der Waals surface area contributed by atoms with Gasteiger partial charge in [0.05, 0.1) is 12.7 Å². The van der Waals surface area contributed by atoms with Crippen LogP contribution in [0.3, 0.4) is 0 Å². The van der Waals surface area contributed by atoms with Crippen LogP contribution in [0.2, 0.25) is 0 Å². The summed E-state index contributed by atoms with van der Waals surface area (Å²) in [6.07, 6.45) is 1.24. The van der Waals surface area contributed by atoms with E-state index in [1.54, 1.807) is 36.1 Å². The number of esters is 1. The molecule has 2 aromatic carbocycles. The van der Waals surface area contributed by atoms with E-state index < -0.39 is 0 Å². The molecule has 1 atom stereocenters. The third-order valence-electron chi connectivity index (χ3n) is 4.53. The summed E-state index contributed by atoms with van der Waals surface area (Å²) in [4.78, 5) is 26.5. The maximum atomic E-state index is 13.1. The number of carbonyl (C=O) groups excluding carboxylic acids is 2. The number of amides is 1. The average molecular weight is 368 g/mol. The molecule has 6 nitrogen and oxygen atoms in total. The first kappa shape index (κ1) is 18.9. The maximum absolute atomic E-state index is 13.1. The molecule has 0 aromatic heterocycles. The monoisotopic (exact) mass is 368 g/mol. The van der Waals surface area contributed by atoms with Gasteiger partial charge >= 0.3 is 5.97 Å². The average Bonchev–Trinajstić information content (AvgIpc) is 2.86. The Hall–Kier alpha value is -2.86. The minimum atomic E-state index is -0.381. The molecule has 1 unspecified atom stereocenters. The lowest BCUT2D eigenvalue weighted by molar-refractivity contribution is -0.150. The number of nitrogen functional groups attached to an aromatic ring is 1. The van der Waals surface area contributed by atoms with Crippen LogP contribution < -0.4 is 10.6 Å². The van der Waals surface area contributed by atoms with Crippen LogP contribution >= 0.6 is 0 Å². The molecule has 0 bridgehead atoms. The number of benzene rings is 2. The number of hydrogen-bond acceptors (Lipinski definition) is 5. The Balaban J connectivity index is 1.84. The van der Waals surface area contributed by atoms with Gasteiger partial charge in [0.25, 0.3) is 5.91 Å². The third kappa shape index (κ3) is 4.46. The van der Waals surface area contributed by atoms with Gasteiger partial charge in [0.1, 0.15) is 6.61 Å². The van der Waals surface area contributed by atoms with Crippen molar-refractivity contribution in [2.75, 3.05) is 30.4 Å². The Labute approximate surface area is 158 Å². The molecular formula is C21H24N2O4. The SMILES string of the molecule is CCOC(=O)COC1CCCN(C(=O)c2ccc(N)cc2)c2ccccc21. The van der Waals surface area contributed by atoms with E-state index >= 15 is 0 Å². The summed E-state index contributed by atoms with van der Waals surface area (Å²) in [6.45, 7) is 2.57. The van der Waals surface area contributed by atoms with Gasteiger partial charge in [-0.15, -0.1) is 0 Å². The number of nitrogens with two attached hydrogens (primary N) is 1. The largest absolute Gasteiger partial charge is 0.464 e. The van der Waals surface area contributed by atoms with E-state index in [0.29, 0.717) is 24.4 Å². The van der Waals surface area contributed by atoms with Crippen LogP contribution in [0.1, 0.15) is 41.8 Å². The standard InChI is InChI=1S/C21H24N2O4/c1-2-26-20(24)14-27-19-8-5-13-23(18-7-4-3-6-17(18)19)21(25)15-9-11-16(22)12-10-15/h3-4,6-7,9-12,19H,2,5,8,13-14,22H2,1H3. The number of fused-ring (bicyclic) bond motifs is 1. The molecule has 1 heterocycles. The van der Waals surface area contributed by atoms with Gasteiger partial charge in [-0.1, -0.05) is 18.2 Å². The molecule has 0 aliphatic carbocycles. The number of ether oxygens (including phenoxy) is 2. The first-order valence-electron chi connectivity index (χ1n) is 9.13. The van der Waals surface area contributed by atoms with E-state index in [9.17, 15) is 9.59 Å². The van der Waals surface area contributed by atoms with Gasteiger partial charge in [0.2, 0.25) is 0 Å². The minimum Gasteiger partial charge on any atom is -0.464 e. The lowest BCUT2D eigenvalue weighted by atomic mass is 10.0. The van der Waals surface area contributed by atoms with Crippen molar-refractivity contribution in [2.45, 2.75) is 25.9 Å². The molecule has 1 amide bonds. The molecule has 0 radical (unpaired) electrons. The Morgan fingerprint density at radius 2 is 1.89 bits per heavy atom. The van der Waals surface area contributed by atoms with Crippen LogP contribution in [0.4, 0.5) is 11.4 Å². The molecule has 1 aliphatic heterocycles. The van der Waals surface area contributed by atoms with Crippen molar-refractivity contribution < 1.29 is 19.1 Å². The lowest BCUT2D eigenvalue weighted by Crippen LogP contribution is -2.31. The molecule has 142 valence electrons. The highest BCUT2D eigenvalue weighted by Gasteiger charge is 2.27. The molecule has 6 heteroatoms. The molecule has 0 saturated heterocycles. The summed E-state index contributed by atoms with van der Waals surface area (Å²) >= 11 is 0. The number of nitrogens with zero attached hydrogens (tertiary/aromatic N) is 1. The van der Waals surface area contributed by atoms with E-state index in [1.807, 2.05) is 24.3 Å². The summed E-state index contributed by atoms with van der Waals surface area (Å²) in [5.41, 5.74) is 8.65. The zero-order valence-corrected chi connectivity index (χ0v) is 15.4. The second kappa shape index (κ2) is 8.68. The predicted molar refractivity (Wildman–Crippen MR) is 104 cm³/mol. The normalized spacial score (nSPS) is 16.3. The van der Waals surface area contributed by atoms with Gasteiger partial charge < -0.3 is 20.1 Å². The van der Waals surface area contributed by atoms with E-state index in [0.717, 1.165) is 24.1 Å². The third-order valence-corrected chi connectivity index (χ3v) is 4.53. The van der Waals surface area contributed by atoms with Crippen molar-refractivity contribution in [2.24, 2.45) is 0 Å². The summed E-state index contributed by atoms with van der Waals surface area (Å²) in [5.74, 6) is -0.456. The Morgan fingerprint density at radius 3 is 2.63 bits per heavy atom. The van der Waals surface area contributed by atoms with Crippen molar-refractivity contribution in [1.29, 1.82) is 0 Å². The summed E-state index contributed by atoms with van der Waals surface area (Å²) in [5, 5.41) is 0. The van der Waals surface area contributed by atoms with Crippen molar-refractivity contribution in [3.05, 3.63) is 59.7 Å². The molecule has 2 N–H and O–H groups in total. The molecule has 1 aliphatic rings. The summed E-state index contributed by atoms with van der Waals surface area (Å²) < 4.78 is 10.8. The molecular weight excluding hydrogens is 344 g/mol. The van der Waals surface area contributed by atoms with Crippen molar-refractivity contribution in [3.8, 4) is 0 Å². The van der Waals surface area contributed by atoms with Gasteiger partial charge in [0.15, 0.2) is 0 Å². The van der Waals surface area contributed by atoms with Crippen LogP contribution in [0.15, 0.2) is 48.5 Å². The van der Waals surface area contributed by atoms with Gasteiger partial charge in [-0.05, 0) is 50.1 Å². The van der Waals surface area contributed by atoms with Crippen molar-refractivity contribution in [3.63, 3.8) is 0 Å². The van der Waals surface area contributed by atoms with Crippen molar-refractivity contribution >= 4 is 23.3 Å². The fraction of sp³-hybridized carbons (Fsp3) is 0.333. The quantitative estimate of drug-likeness (QED) is 0.647. The molecule has 0 fully saturated rings. The minimum absolute atomic E-state index is 0.0755. The zero-order valence-electron chi connectivity index (χ0n) is 15.4. The highest BCUT2D eigenvalue weighted by molar-refractivity contribution is 6.06. The van der Waals surface area contributed by atoms with Gasteiger partial charge in [-0.2, -0.15) is 0 Å². The Kier molecular flexibility index (Phi) is 6.08. The molecule has 2 aromatic rings. The van der Waals surface area contributed by atoms with Crippen LogP contribution in [0.25, 0.3) is 0 Å². The highest BCUT2D eigenvalue weighted by atomic mass is 16.6. The van der Waals surface area contributed by atoms with E-state index in [4.69, 9.17) is 15.2 Å². The van der Waals surface area contributed by atoms with Crippen molar-refractivity contribution in [1.82, 2.24) is 0 Å². The summed E-state index contributed by atoms with van der Waals surface area (Å²) in [6, 6.07) is 14.6. The van der Waals surface area contributed by atoms with Gasteiger partial charge in [-0.3, -0.25) is 4.79 Å². The van der Waals surface area contributed by atoms with Crippen LogP contribution in [0.5, 0.6) is 0 Å². The highest BCUT2D eigenvalue weighted by Crippen LogP contribution is 2.35. The molecule has 3 rings (SSSR count). The number of hydrogen-bond donors (Lipinski definition) is 1. The predicted octanol–water partition coefficient (Wildman–Crippen LogP) is 3.33. The van der Waals surface area contributed by atoms with Crippen LogP contribution in [-0.4, -0.2) is 31.6 Å². The second-order valence-corrected chi connectivity index (χ2v) is 6.38. The smallest absolute Gasteiger partial charge is 0.332 e. The fourth-order valence-corrected chi connectivity index (χ4v) is 3.25. The maximum Gasteiger partial charge on any atom is 0.332 e. The Bertz CT molecular complexity index is 804. The number of anilines is 2. The number of rotatable bonds is 5. The lowest BCUT2D eigenvalue weighted by Gasteiger charge is -2.24. The molecule has 0 spiro atoms. The number of para-hydroxylation sites is 1. The van der Waals surface area contributed by atoms with E-state index in [-0.39, 0.29) is 24.6 Å². The van der Waals surface area contributed by atoms with E-state index in [1.165, 1.54) is 0 Å². The second-order valence-electron chi connectivity index (χ2n) is 6.38. The number of carbonyl (C=O) groups is 2. The topological polar surface area (TPSA) is 81.9 Å². The summed E-state index contributed by atoms with van der Waals surface area (Å²) in [7, 11) is 0. The fourth-order valence-electron chi connectivity index (χ4n) is 3.25. The first-order valence-corrected chi connectivity index (χ1v) is 9.13. The first-order chi connectivity index (χ1) is 13.1. The van der Waals surface area contributed by atoms with E-state index in [2.05, 4.69) is 0 Å². The Morgan fingerprint density at radius 1 is 1.15 bits per heavy atom. The van der Waals surface area contributed by atoms with Crippen LogP contribution in [0, 0.1) is 0 Å². The van der Waals surface area contributed by atoms with Gasteiger partial charge in [-0.25, -0.2) is 4.79 Å². The molecule has 27 heavy (non-hydrogen) atoms.